The van der Waals surface area contributed by atoms with Gasteiger partial charge in [0.15, 0.2) is 0 Å². The lowest BCUT2D eigenvalue weighted by atomic mass is 10.4. The summed E-state index contributed by atoms with van der Waals surface area (Å²) in [6, 6.07) is 0. The van der Waals surface area contributed by atoms with Gasteiger partial charge in [-0.05, 0) is 18.1 Å². The van der Waals surface area contributed by atoms with E-state index in [0.717, 1.165) is 11.0 Å². The van der Waals surface area contributed by atoms with E-state index in [1.54, 1.807) is 0 Å². The van der Waals surface area contributed by atoms with E-state index in [-0.39, 0.29) is 0 Å². The number of thioether (sulfide) groups is 1. The fourth-order valence-electron chi connectivity index (χ4n) is 0.370. The van der Waals surface area contributed by atoms with Gasteiger partial charge in [-0.1, -0.05) is 41.5 Å². The Labute approximate surface area is 82.4 Å². The molecule has 0 saturated carbocycles. The molecule has 0 radical (unpaired) electrons. The molecule has 0 aromatic carbocycles. The van der Waals surface area contributed by atoms with Crippen molar-refractivity contribution in [2.45, 2.75) is 25.5 Å². The number of hydrogen-bond donors (Lipinski definition) is 0. The Balaban J connectivity index is 3.12. The predicted octanol–water partition coefficient (Wildman–Crippen LogP) is 4.04. The van der Waals surface area contributed by atoms with Gasteiger partial charge < -0.3 is 0 Å². The first-order chi connectivity index (χ1) is 5.31. The molecule has 0 saturated heterocycles. The molecular weight excluding hydrogens is 192 g/mol. The average molecular weight is 208 g/mol. The van der Waals surface area contributed by atoms with Crippen LogP contribution in [0.1, 0.15) is 20.3 Å². The molecule has 0 fully saturated rings. The lowest BCUT2D eigenvalue weighted by Crippen LogP contribution is -1.87. The molecule has 0 amide bonds. The third kappa shape index (κ3) is 8.70. The summed E-state index contributed by atoms with van der Waals surface area (Å²) in [6.07, 6.45) is 5.59. The summed E-state index contributed by atoms with van der Waals surface area (Å²) in [6.45, 7) is 4.49. The average Bonchev–Trinajstić information content (AvgIpc) is 2.04. The molecule has 0 aromatic heterocycles. The van der Waals surface area contributed by atoms with Crippen LogP contribution in [0.3, 0.4) is 0 Å². The number of hydrogen-bond acceptors (Lipinski definition) is 3. The van der Waals surface area contributed by atoms with E-state index in [1.165, 1.54) is 6.42 Å². The van der Waals surface area contributed by atoms with Crippen LogP contribution >= 0.6 is 33.3 Å². The molecule has 0 spiro atoms. The molecule has 0 heterocycles. The van der Waals surface area contributed by atoms with Crippen molar-refractivity contribution in [3.8, 4) is 0 Å². The maximum atomic E-state index is 2.26. The van der Waals surface area contributed by atoms with Crippen LogP contribution < -0.4 is 0 Å². The second-order valence-corrected chi connectivity index (χ2v) is 5.77. The lowest BCUT2D eigenvalue weighted by molar-refractivity contribution is 0.912. The molecule has 0 aliphatic heterocycles. The zero-order chi connectivity index (χ0) is 8.53. The Morgan fingerprint density at radius 2 is 2.18 bits per heavy atom. The Bertz CT molecular complexity index is 102. The first-order valence-corrected chi connectivity index (χ1v) is 7.44. The van der Waals surface area contributed by atoms with Crippen LogP contribution in [0.5, 0.6) is 0 Å². The molecule has 0 rings (SSSR count). The minimum atomic E-state index is 0.777. The smallest absolute Gasteiger partial charge is 0.0123 e. The first-order valence-electron chi connectivity index (χ1n) is 3.77. The Hall–Kier alpha value is 0.790. The molecule has 0 N–H and O–H groups in total. The monoisotopic (exact) mass is 208 g/mol. The molecule has 0 aliphatic rings. The van der Waals surface area contributed by atoms with Gasteiger partial charge in [-0.2, -0.15) is 11.8 Å². The van der Waals surface area contributed by atoms with Crippen molar-refractivity contribution in [2.75, 3.05) is 12.0 Å². The van der Waals surface area contributed by atoms with E-state index in [9.17, 15) is 0 Å². The summed E-state index contributed by atoms with van der Waals surface area (Å²) >= 11 is 1.86. The van der Waals surface area contributed by atoms with Gasteiger partial charge in [0.2, 0.25) is 0 Å². The second-order valence-electron chi connectivity index (χ2n) is 2.24. The van der Waals surface area contributed by atoms with Gasteiger partial charge in [0.05, 0.1) is 0 Å². The molecule has 11 heavy (non-hydrogen) atoms. The third-order valence-electron chi connectivity index (χ3n) is 1.21. The van der Waals surface area contributed by atoms with Crippen LogP contribution in [0.25, 0.3) is 0 Å². The van der Waals surface area contributed by atoms with E-state index >= 15 is 0 Å². The highest BCUT2D eigenvalue weighted by Crippen LogP contribution is 2.29. The normalized spacial score (nSPS) is 14.1. The molecule has 0 aromatic rings. The fraction of sp³-hybridized carbons (Fsp3) is 0.750. The van der Waals surface area contributed by atoms with Crippen LogP contribution in [0.2, 0.25) is 0 Å². The van der Waals surface area contributed by atoms with Gasteiger partial charge in [0, 0.05) is 11.0 Å². The largest absolute Gasteiger partial charge is 0.161 e. The van der Waals surface area contributed by atoms with Crippen molar-refractivity contribution in [2.24, 2.45) is 0 Å². The number of rotatable bonds is 6. The Morgan fingerprint density at radius 3 is 2.73 bits per heavy atom. The van der Waals surface area contributed by atoms with Gasteiger partial charge in [0.25, 0.3) is 0 Å². The summed E-state index contributed by atoms with van der Waals surface area (Å²) in [7, 11) is 3.80. The summed E-state index contributed by atoms with van der Waals surface area (Å²) in [5.74, 6) is 1.13. The minimum absolute atomic E-state index is 0.777. The van der Waals surface area contributed by atoms with Crippen molar-refractivity contribution >= 4 is 33.3 Å². The maximum Gasteiger partial charge on any atom is 0.0123 e. The van der Waals surface area contributed by atoms with E-state index in [1.807, 2.05) is 33.3 Å². The molecular formula is C8H16S3. The predicted molar refractivity (Wildman–Crippen MR) is 62.5 cm³/mol. The molecule has 0 aliphatic carbocycles. The summed E-state index contributed by atoms with van der Waals surface area (Å²) in [4.78, 5) is 0. The Morgan fingerprint density at radius 1 is 1.45 bits per heavy atom. The van der Waals surface area contributed by atoms with Gasteiger partial charge in [-0.25, -0.2) is 0 Å². The first kappa shape index (κ1) is 11.8. The zero-order valence-corrected chi connectivity index (χ0v) is 9.82. The van der Waals surface area contributed by atoms with Gasteiger partial charge in [-0.3, -0.25) is 0 Å². The maximum absolute atomic E-state index is 2.26. The fourth-order valence-corrected chi connectivity index (χ4v) is 2.75. The summed E-state index contributed by atoms with van der Waals surface area (Å²) < 4.78 is 0. The summed E-state index contributed by atoms with van der Waals surface area (Å²) in [5.41, 5.74) is 0. The Kier molecular flexibility index (Phi) is 9.52. The summed E-state index contributed by atoms with van der Waals surface area (Å²) in [5, 5.41) is 2.96. The molecule has 0 bridgehead atoms. The molecule has 1 atom stereocenters. The van der Waals surface area contributed by atoms with E-state index in [2.05, 4.69) is 31.6 Å². The van der Waals surface area contributed by atoms with Crippen LogP contribution in [-0.4, -0.2) is 17.3 Å². The van der Waals surface area contributed by atoms with Crippen LogP contribution in [0.15, 0.2) is 11.5 Å². The molecule has 3 heteroatoms. The highest BCUT2D eigenvalue weighted by atomic mass is 33.1. The highest BCUT2D eigenvalue weighted by Gasteiger charge is 1.95. The second kappa shape index (κ2) is 8.88. The highest BCUT2D eigenvalue weighted by molar-refractivity contribution is 8.78. The topological polar surface area (TPSA) is 0 Å². The quantitative estimate of drug-likeness (QED) is 0.605. The van der Waals surface area contributed by atoms with Crippen LogP contribution in [-0.2, 0) is 0 Å². The molecule has 0 unspecified atom stereocenters. The van der Waals surface area contributed by atoms with Crippen molar-refractivity contribution in [3.63, 3.8) is 0 Å². The SMILES string of the molecule is CC[C@@H](C)SSC=CCSC. The standard InChI is InChI=1S/C8H16S3/c1-4-8(2)11-10-7-5-6-9-3/h5,7-8H,4,6H2,1-3H3/t8-/m1/s1. The van der Waals surface area contributed by atoms with E-state index in [0.29, 0.717) is 0 Å². The lowest BCUT2D eigenvalue weighted by Gasteiger charge is -2.02. The van der Waals surface area contributed by atoms with E-state index < -0.39 is 0 Å². The van der Waals surface area contributed by atoms with Gasteiger partial charge in [-0.15, -0.1) is 0 Å². The molecule has 0 nitrogen and oxygen atoms in total. The van der Waals surface area contributed by atoms with Gasteiger partial charge in [0.1, 0.15) is 0 Å². The minimum Gasteiger partial charge on any atom is -0.161 e. The third-order valence-corrected chi connectivity index (χ3v) is 4.46. The van der Waals surface area contributed by atoms with Crippen LogP contribution in [0, 0.1) is 0 Å². The van der Waals surface area contributed by atoms with Crippen molar-refractivity contribution in [1.29, 1.82) is 0 Å². The van der Waals surface area contributed by atoms with Gasteiger partial charge >= 0.3 is 0 Å². The van der Waals surface area contributed by atoms with Crippen LogP contribution in [0.4, 0.5) is 0 Å². The van der Waals surface area contributed by atoms with Crippen molar-refractivity contribution in [3.05, 3.63) is 11.5 Å². The van der Waals surface area contributed by atoms with E-state index in [4.69, 9.17) is 0 Å². The zero-order valence-electron chi connectivity index (χ0n) is 7.37. The van der Waals surface area contributed by atoms with Crippen molar-refractivity contribution < 1.29 is 0 Å². The van der Waals surface area contributed by atoms with Crippen molar-refractivity contribution in [1.82, 2.24) is 0 Å². The molecule has 66 valence electrons.